The van der Waals surface area contributed by atoms with Gasteiger partial charge in [-0.25, -0.2) is 10.2 Å². The summed E-state index contributed by atoms with van der Waals surface area (Å²) < 4.78 is 20.9. The third-order valence-corrected chi connectivity index (χ3v) is 4.68. The van der Waals surface area contributed by atoms with Crippen molar-refractivity contribution in [3.8, 4) is 17.2 Å². The fourth-order valence-corrected chi connectivity index (χ4v) is 2.94. The Hall–Kier alpha value is -4.33. The molecule has 162 valence electrons. The highest BCUT2D eigenvalue weighted by Gasteiger charge is 2.15. The molecule has 0 fully saturated rings. The molecule has 3 aromatic carbocycles. The summed E-state index contributed by atoms with van der Waals surface area (Å²) in [5.41, 5.74) is 5.13. The maximum absolute atomic E-state index is 12.2. The minimum atomic E-state index is -0.373. The maximum atomic E-state index is 12.2. The first-order chi connectivity index (χ1) is 15.6. The zero-order chi connectivity index (χ0) is 22.3. The summed E-state index contributed by atoms with van der Waals surface area (Å²) >= 11 is 0. The SMILES string of the molecule is COC(=O)c1ccc(COc2ccc(C=NNC(=O)c3ccc4c(c3)OCO4)cc2)cc1. The molecule has 1 N–H and O–H groups in total. The molecule has 32 heavy (non-hydrogen) atoms. The van der Waals surface area contributed by atoms with Gasteiger partial charge in [-0.2, -0.15) is 5.10 Å². The lowest BCUT2D eigenvalue weighted by Crippen LogP contribution is -2.17. The molecule has 1 heterocycles. The first-order valence-corrected chi connectivity index (χ1v) is 9.75. The Kier molecular flexibility index (Phi) is 6.31. The van der Waals surface area contributed by atoms with Crippen molar-refractivity contribution in [2.24, 2.45) is 5.10 Å². The summed E-state index contributed by atoms with van der Waals surface area (Å²) in [4.78, 5) is 23.7. The number of nitrogens with zero attached hydrogens (tertiary/aromatic N) is 1. The van der Waals surface area contributed by atoms with Crippen LogP contribution in [0.3, 0.4) is 0 Å². The lowest BCUT2D eigenvalue weighted by molar-refractivity contribution is 0.0600. The first kappa shape index (κ1) is 20.9. The average molecular weight is 432 g/mol. The predicted octanol–water partition coefficient (Wildman–Crippen LogP) is 3.54. The first-order valence-electron chi connectivity index (χ1n) is 9.75. The van der Waals surface area contributed by atoms with Gasteiger partial charge in [-0.1, -0.05) is 12.1 Å². The Morgan fingerprint density at radius 1 is 0.969 bits per heavy atom. The number of fused-ring (bicyclic) bond motifs is 1. The van der Waals surface area contributed by atoms with Gasteiger partial charge in [0.25, 0.3) is 5.91 Å². The maximum Gasteiger partial charge on any atom is 0.337 e. The van der Waals surface area contributed by atoms with E-state index in [-0.39, 0.29) is 18.7 Å². The molecule has 0 saturated carbocycles. The van der Waals surface area contributed by atoms with Crippen LogP contribution < -0.4 is 19.6 Å². The summed E-state index contributed by atoms with van der Waals surface area (Å²) in [6.07, 6.45) is 1.54. The number of amides is 1. The monoisotopic (exact) mass is 432 g/mol. The van der Waals surface area contributed by atoms with Crippen LogP contribution in [0, 0.1) is 0 Å². The third kappa shape index (κ3) is 5.04. The highest BCUT2D eigenvalue weighted by molar-refractivity contribution is 5.95. The van der Waals surface area contributed by atoms with E-state index in [1.54, 1.807) is 36.5 Å². The molecule has 1 aliphatic heterocycles. The number of hydrazone groups is 1. The molecule has 0 aliphatic carbocycles. The number of carbonyl (C=O) groups is 2. The predicted molar refractivity (Wildman–Crippen MR) is 116 cm³/mol. The van der Waals surface area contributed by atoms with E-state index in [2.05, 4.69) is 15.3 Å². The van der Waals surface area contributed by atoms with Crippen LogP contribution in [-0.2, 0) is 11.3 Å². The van der Waals surface area contributed by atoms with Crippen LogP contribution in [0.15, 0.2) is 71.8 Å². The second-order valence-corrected chi connectivity index (χ2v) is 6.81. The smallest absolute Gasteiger partial charge is 0.337 e. The lowest BCUT2D eigenvalue weighted by atomic mass is 10.1. The molecule has 4 rings (SSSR count). The van der Waals surface area contributed by atoms with Gasteiger partial charge in [0.05, 0.1) is 18.9 Å². The van der Waals surface area contributed by atoms with Gasteiger partial charge in [0, 0.05) is 5.56 Å². The van der Waals surface area contributed by atoms with Crippen LogP contribution in [0.4, 0.5) is 0 Å². The molecule has 0 bridgehead atoms. The van der Waals surface area contributed by atoms with Crippen molar-refractivity contribution in [2.75, 3.05) is 13.9 Å². The molecule has 8 heteroatoms. The number of ether oxygens (including phenoxy) is 4. The minimum absolute atomic E-state index is 0.153. The van der Waals surface area contributed by atoms with Crippen LogP contribution in [0.2, 0.25) is 0 Å². The standard InChI is InChI=1S/C24H20N2O6/c1-29-24(28)18-6-2-17(3-7-18)14-30-20-9-4-16(5-10-20)13-25-26-23(27)19-8-11-21-22(12-19)32-15-31-21/h2-13H,14-15H2,1H3,(H,26,27). The number of rotatable bonds is 7. The second kappa shape index (κ2) is 9.65. The molecule has 1 amide bonds. The third-order valence-electron chi connectivity index (χ3n) is 4.68. The van der Waals surface area contributed by atoms with Crippen molar-refractivity contribution in [3.05, 3.63) is 89.0 Å². The zero-order valence-electron chi connectivity index (χ0n) is 17.2. The summed E-state index contributed by atoms with van der Waals surface area (Å²) in [6, 6.07) is 19.2. The highest BCUT2D eigenvalue weighted by Crippen LogP contribution is 2.32. The van der Waals surface area contributed by atoms with E-state index in [0.29, 0.717) is 35.0 Å². The van der Waals surface area contributed by atoms with Gasteiger partial charge in [-0.3, -0.25) is 4.79 Å². The van der Waals surface area contributed by atoms with Crippen molar-refractivity contribution in [2.45, 2.75) is 6.61 Å². The molecule has 3 aromatic rings. The molecule has 0 saturated heterocycles. The summed E-state index contributed by atoms with van der Waals surface area (Å²) in [6.45, 7) is 0.514. The minimum Gasteiger partial charge on any atom is -0.489 e. The van der Waals surface area contributed by atoms with Gasteiger partial charge in [-0.15, -0.1) is 0 Å². The molecular weight excluding hydrogens is 412 g/mol. The Balaban J connectivity index is 1.27. The fourth-order valence-electron chi connectivity index (χ4n) is 2.94. The van der Waals surface area contributed by atoms with Gasteiger partial charge in [0.15, 0.2) is 11.5 Å². The van der Waals surface area contributed by atoms with Gasteiger partial charge in [0.2, 0.25) is 6.79 Å². The number of esters is 1. The fraction of sp³-hybridized carbons (Fsp3) is 0.125. The van der Waals surface area contributed by atoms with Crippen molar-refractivity contribution >= 4 is 18.1 Å². The van der Waals surface area contributed by atoms with Crippen molar-refractivity contribution in [3.63, 3.8) is 0 Å². The van der Waals surface area contributed by atoms with Crippen molar-refractivity contribution < 1.29 is 28.5 Å². The van der Waals surface area contributed by atoms with Crippen LogP contribution in [0.1, 0.15) is 31.8 Å². The molecule has 0 atom stereocenters. The largest absolute Gasteiger partial charge is 0.489 e. The van der Waals surface area contributed by atoms with Gasteiger partial charge in [-0.05, 0) is 65.7 Å². The summed E-state index contributed by atoms with van der Waals surface area (Å²) in [7, 11) is 1.35. The molecule has 0 unspecified atom stereocenters. The molecule has 0 radical (unpaired) electrons. The number of hydrogen-bond acceptors (Lipinski definition) is 7. The number of nitrogens with one attached hydrogen (secondary N) is 1. The summed E-state index contributed by atoms with van der Waals surface area (Å²) in [5, 5.41) is 3.99. The normalized spacial score (nSPS) is 11.9. The van der Waals surface area contributed by atoms with Crippen molar-refractivity contribution in [1.29, 1.82) is 0 Å². The van der Waals surface area contributed by atoms with E-state index in [1.165, 1.54) is 7.11 Å². The van der Waals surface area contributed by atoms with E-state index < -0.39 is 0 Å². The van der Waals surface area contributed by atoms with E-state index in [9.17, 15) is 9.59 Å². The molecule has 1 aliphatic rings. The molecule has 0 aromatic heterocycles. The van der Waals surface area contributed by atoms with E-state index >= 15 is 0 Å². The zero-order valence-corrected chi connectivity index (χ0v) is 17.2. The van der Waals surface area contributed by atoms with Gasteiger partial charge in [0.1, 0.15) is 12.4 Å². The van der Waals surface area contributed by atoms with Crippen LogP contribution in [0.5, 0.6) is 17.2 Å². The Morgan fingerprint density at radius 2 is 1.69 bits per heavy atom. The number of carbonyl (C=O) groups excluding carboxylic acids is 2. The van der Waals surface area contributed by atoms with Crippen LogP contribution >= 0.6 is 0 Å². The van der Waals surface area contributed by atoms with E-state index in [0.717, 1.165) is 11.1 Å². The molecule has 8 nitrogen and oxygen atoms in total. The summed E-state index contributed by atoms with van der Waals surface area (Å²) in [5.74, 6) is 1.12. The Bertz CT molecular complexity index is 1140. The van der Waals surface area contributed by atoms with Gasteiger partial charge < -0.3 is 18.9 Å². The lowest BCUT2D eigenvalue weighted by Gasteiger charge is -2.07. The molecular formula is C24H20N2O6. The Labute approximate surface area is 184 Å². The number of benzene rings is 3. The second-order valence-electron chi connectivity index (χ2n) is 6.81. The van der Waals surface area contributed by atoms with E-state index in [1.807, 2.05) is 36.4 Å². The van der Waals surface area contributed by atoms with Gasteiger partial charge >= 0.3 is 5.97 Å². The topological polar surface area (TPSA) is 95.5 Å². The quantitative estimate of drug-likeness (QED) is 0.349. The molecule has 0 spiro atoms. The average Bonchev–Trinajstić information content (AvgIpc) is 3.31. The van der Waals surface area contributed by atoms with Crippen LogP contribution in [0.25, 0.3) is 0 Å². The number of hydrogen-bond donors (Lipinski definition) is 1. The van der Waals surface area contributed by atoms with Crippen LogP contribution in [-0.4, -0.2) is 32.0 Å². The Morgan fingerprint density at radius 3 is 2.44 bits per heavy atom. The van der Waals surface area contributed by atoms with Crippen molar-refractivity contribution in [1.82, 2.24) is 5.43 Å². The number of methoxy groups -OCH3 is 1. The van der Waals surface area contributed by atoms with E-state index in [4.69, 9.17) is 14.2 Å². The highest BCUT2D eigenvalue weighted by atomic mass is 16.7.